The number of likely N-dealkylation sites (tertiary alicyclic amines) is 1. The average molecular weight is 373 g/mol. The van der Waals surface area contributed by atoms with Crippen LogP contribution in [0.25, 0.3) is 0 Å². The molecule has 4 nitrogen and oxygen atoms in total. The Morgan fingerprint density at radius 2 is 1.73 bits per heavy atom. The van der Waals surface area contributed by atoms with Gasteiger partial charge >= 0.3 is 0 Å². The van der Waals surface area contributed by atoms with Gasteiger partial charge in [-0.05, 0) is 54.8 Å². The lowest BCUT2D eigenvalue weighted by Crippen LogP contribution is -2.32. The molecule has 1 heterocycles. The van der Waals surface area contributed by atoms with Crippen LogP contribution in [0, 0.1) is 0 Å². The molecule has 1 N–H and O–H groups in total. The summed E-state index contributed by atoms with van der Waals surface area (Å²) in [5, 5.41) is 11.0. The fourth-order valence-corrected chi connectivity index (χ4v) is 3.50. The van der Waals surface area contributed by atoms with E-state index in [-0.39, 0.29) is 5.91 Å². The van der Waals surface area contributed by atoms with Crippen molar-refractivity contribution < 1.29 is 9.90 Å². The maximum absolute atomic E-state index is 12.6. The first-order valence-corrected chi connectivity index (χ1v) is 9.40. The van der Waals surface area contributed by atoms with Gasteiger partial charge in [0.05, 0.1) is 0 Å². The van der Waals surface area contributed by atoms with Crippen LogP contribution in [0.5, 0.6) is 0 Å². The highest BCUT2D eigenvalue weighted by molar-refractivity contribution is 6.30. The van der Waals surface area contributed by atoms with Crippen LogP contribution < -0.4 is 0 Å². The van der Waals surface area contributed by atoms with Crippen LogP contribution in [0.3, 0.4) is 0 Å². The number of aliphatic hydroxyl groups is 1. The minimum atomic E-state index is -1.18. The van der Waals surface area contributed by atoms with Crippen LogP contribution >= 0.6 is 11.6 Å². The Morgan fingerprint density at radius 3 is 2.38 bits per heavy atom. The standard InChI is InChI=1S/C21H25ClN2O2/c1-23(21(26)20(25)16-8-10-19(22)11-9-16)14-17-6-2-3-7-18(17)15-24-12-4-5-13-24/h2-3,6-11,20,25H,4-5,12-15H2,1H3. The van der Waals surface area contributed by atoms with Gasteiger partial charge in [-0.25, -0.2) is 0 Å². The number of hydrogen-bond donors (Lipinski definition) is 1. The molecule has 1 amide bonds. The van der Waals surface area contributed by atoms with Gasteiger partial charge in [0.25, 0.3) is 5.91 Å². The maximum Gasteiger partial charge on any atom is 0.256 e. The molecule has 5 heteroatoms. The SMILES string of the molecule is CN(Cc1ccccc1CN1CCCC1)C(=O)C(O)c1ccc(Cl)cc1. The molecule has 2 aromatic carbocycles. The quantitative estimate of drug-likeness (QED) is 0.842. The third-order valence-corrected chi connectivity index (χ3v) is 5.17. The van der Waals surface area contributed by atoms with Gasteiger partial charge in [0.2, 0.25) is 0 Å². The van der Waals surface area contributed by atoms with Crippen molar-refractivity contribution >= 4 is 17.5 Å². The molecule has 0 aromatic heterocycles. The smallest absolute Gasteiger partial charge is 0.256 e. The third-order valence-electron chi connectivity index (χ3n) is 4.91. The largest absolute Gasteiger partial charge is 0.378 e. The van der Waals surface area contributed by atoms with Gasteiger partial charge in [-0.1, -0.05) is 48.0 Å². The molecule has 1 unspecified atom stereocenters. The second-order valence-electron chi connectivity index (χ2n) is 6.90. The van der Waals surface area contributed by atoms with Crippen molar-refractivity contribution in [2.75, 3.05) is 20.1 Å². The van der Waals surface area contributed by atoms with E-state index in [1.165, 1.54) is 18.4 Å². The number of amides is 1. The maximum atomic E-state index is 12.6. The van der Waals surface area contributed by atoms with Crippen molar-refractivity contribution in [2.24, 2.45) is 0 Å². The molecule has 1 aliphatic rings. The summed E-state index contributed by atoms with van der Waals surface area (Å²) in [6.45, 7) is 3.67. The lowest BCUT2D eigenvalue weighted by Gasteiger charge is -2.23. The Labute approximate surface area is 160 Å². The molecule has 3 rings (SSSR count). The van der Waals surface area contributed by atoms with E-state index in [1.807, 2.05) is 12.1 Å². The van der Waals surface area contributed by atoms with Gasteiger partial charge in [-0.3, -0.25) is 9.69 Å². The van der Waals surface area contributed by atoms with Crippen LogP contribution in [-0.4, -0.2) is 41.0 Å². The van der Waals surface area contributed by atoms with Crippen molar-refractivity contribution in [2.45, 2.75) is 32.0 Å². The Hall–Kier alpha value is -1.88. The zero-order valence-electron chi connectivity index (χ0n) is 15.1. The number of carbonyl (C=O) groups excluding carboxylic acids is 1. The monoisotopic (exact) mass is 372 g/mol. The van der Waals surface area contributed by atoms with Gasteiger partial charge in [0, 0.05) is 25.2 Å². The number of rotatable bonds is 6. The molecule has 0 saturated carbocycles. The number of benzene rings is 2. The molecule has 138 valence electrons. The highest BCUT2D eigenvalue weighted by Crippen LogP contribution is 2.21. The molecule has 1 atom stereocenters. The van der Waals surface area contributed by atoms with Crippen molar-refractivity contribution in [3.63, 3.8) is 0 Å². The van der Waals surface area contributed by atoms with Crippen LogP contribution in [0.1, 0.15) is 35.6 Å². The fourth-order valence-electron chi connectivity index (χ4n) is 3.38. The summed E-state index contributed by atoms with van der Waals surface area (Å²) in [4.78, 5) is 16.7. The summed E-state index contributed by atoms with van der Waals surface area (Å²) in [6.07, 6.45) is 1.34. The van der Waals surface area contributed by atoms with Crippen molar-refractivity contribution in [3.05, 3.63) is 70.2 Å². The number of aliphatic hydroxyl groups excluding tert-OH is 1. The van der Waals surface area contributed by atoms with E-state index in [0.717, 1.165) is 25.2 Å². The summed E-state index contributed by atoms with van der Waals surface area (Å²) in [7, 11) is 1.73. The summed E-state index contributed by atoms with van der Waals surface area (Å²) < 4.78 is 0. The minimum Gasteiger partial charge on any atom is -0.378 e. The number of likely N-dealkylation sites (N-methyl/N-ethyl adjacent to an activating group) is 1. The van der Waals surface area contributed by atoms with Crippen LogP contribution in [0.2, 0.25) is 5.02 Å². The number of carbonyl (C=O) groups is 1. The number of nitrogens with zero attached hydrogens (tertiary/aromatic N) is 2. The fraction of sp³-hybridized carbons (Fsp3) is 0.381. The Bertz CT molecular complexity index is 742. The zero-order valence-corrected chi connectivity index (χ0v) is 15.8. The van der Waals surface area contributed by atoms with Crippen LogP contribution in [-0.2, 0) is 17.9 Å². The van der Waals surface area contributed by atoms with Gasteiger partial charge < -0.3 is 10.0 Å². The van der Waals surface area contributed by atoms with Crippen molar-refractivity contribution in [3.8, 4) is 0 Å². The molecule has 0 bridgehead atoms. The summed E-state index contributed by atoms with van der Waals surface area (Å²) in [6, 6.07) is 14.9. The number of hydrogen-bond acceptors (Lipinski definition) is 3. The first-order chi connectivity index (χ1) is 12.5. The predicted octanol–water partition coefficient (Wildman–Crippen LogP) is 3.63. The van der Waals surface area contributed by atoms with Crippen LogP contribution in [0.4, 0.5) is 0 Å². The van der Waals surface area contributed by atoms with Gasteiger partial charge in [0.15, 0.2) is 6.10 Å². The molecule has 2 aromatic rings. The molecule has 0 spiro atoms. The summed E-state index contributed by atoms with van der Waals surface area (Å²) in [5.74, 6) is -0.316. The Morgan fingerprint density at radius 1 is 1.12 bits per heavy atom. The molecule has 1 aliphatic heterocycles. The Balaban J connectivity index is 1.67. The molecular formula is C21H25ClN2O2. The Kier molecular flexibility index (Phi) is 6.30. The predicted molar refractivity (Wildman–Crippen MR) is 104 cm³/mol. The summed E-state index contributed by atoms with van der Waals surface area (Å²) >= 11 is 5.87. The first-order valence-electron chi connectivity index (χ1n) is 9.02. The lowest BCUT2D eigenvalue weighted by molar-refractivity contribution is -0.139. The first kappa shape index (κ1) is 18.9. The highest BCUT2D eigenvalue weighted by Gasteiger charge is 2.22. The average Bonchev–Trinajstić information content (AvgIpc) is 3.16. The molecule has 0 aliphatic carbocycles. The number of halogens is 1. The third kappa shape index (κ3) is 4.64. The van der Waals surface area contributed by atoms with Gasteiger partial charge in [-0.15, -0.1) is 0 Å². The van der Waals surface area contributed by atoms with Crippen molar-refractivity contribution in [1.82, 2.24) is 9.80 Å². The topological polar surface area (TPSA) is 43.8 Å². The molecule has 1 fully saturated rings. The van der Waals surface area contributed by atoms with E-state index in [2.05, 4.69) is 17.0 Å². The van der Waals surface area contributed by atoms with Crippen LogP contribution in [0.15, 0.2) is 48.5 Å². The van der Waals surface area contributed by atoms with E-state index in [9.17, 15) is 9.90 Å². The summed E-state index contributed by atoms with van der Waals surface area (Å²) in [5.41, 5.74) is 2.92. The second-order valence-corrected chi connectivity index (χ2v) is 7.34. The van der Waals surface area contributed by atoms with E-state index in [4.69, 9.17) is 11.6 Å². The van der Waals surface area contributed by atoms with Crippen molar-refractivity contribution in [1.29, 1.82) is 0 Å². The second kappa shape index (κ2) is 8.67. The van der Waals surface area contributed by atoms with Gasteiger partial charge in [0.1, 0.15) is 0 Å². The highest BCUT2D eigenvalue weighted by atomic mass is 35.5. The van der Waals surface area contributed by atoms with E-state index >= 15 is 0 Å². The van der Waals surface area contributed by atoms with E-state index in [0.29, 0.717) is 17.1 Å². The molecule has 26 heavy (non-hydrogen) atoms. The molecular weight excluding hydrogens is 348 g/mol. The zero-order chi connectivity index (χ0) is 18.5. The van der Waals surface area contributed by atoms with Gasteiger partial charge in [-0.2, -0.15) is 0 Å². The minimum absolute atomic E-state index is 0.316. The normalized spacial score (nSPS) is 15.8. The molecule has 0 radical (unpaired) electrons. The van der Waals surface area contributed by atoms with E-state index < -0.39 is 6.10 Å². The lowest BCUT2D eigenvalue weighted by atomic mass is 10.1. The molecule has 1 saturated heterocycles. The van der Waals surface area contributed by atoms with E-state index in [1.54, 1.807) is 36.2 Å².